The van der Waals surface area contributed by atoms with Crippen molar-refractivity contribution in [1.29, 1.82) is 0 Å². The molecule has 3 saturated heterocycles. The second kappa shape index (κ2) is 12.9. The Hall–Kier alpha value is -2.29. The molecule has 1 aromatic carbocycles. The minimum atomic E-state index is -0.826. The van der Waals surface area contributed by atoms with E-state index in [1.54, 1.807) is 62.9 Å². The molecular weight excluding hydrogens is 558 g/mol. The van der Waals surface area contributed by atoms with E-state index < -0.39 is 28.7 Å². The van der Waals surface area contributed by atoms with Crippen LogP contribution in [0.4, 0.5) is 5.69 Å². The van der Waals surface area contributed by atoms with Crippen molar-refractivity contribution in [1.82, 2.24) is 9.80 Å². The summed E-state index contributed by atoms with van der Waals surface area (Å²) in [7, 11) is 0. The second-order valence-electron chi connectivity index (χ2n) is 12.1. The minimum Gasteiger partial charge on any atom is -0.394 e. The Morgan fingerprint density at radius 3 is 2.41 bits per heavy atom. The molecule has 4 rings (SSSR count). The Kier molecular flexibility index (Phi) is 9.97. The highest BCUT2D eigenvalue weighted by Gasteiger charge is 2.77. The summed E-state index contributed by atoms with van der Waals surface area (Å²) in [6.45, 7) is 17.0. The van der Waals surface area contributed by atoms with Crippen molar-refractivity contribution in [2.45, 2.75) is 69.0 Å². The van der Waals surface area contributed by atoms with Crippen molar-refractivity contribution in [3.05, 3.63) is 54.6 Å². The molecule has 3 aliphatic heterocycles. The van der Waals surface area contributed by atoms with Gasteiger partial charge < -0.3 is 19.8 Å². The summed E-state index contributed by atoms with van der Waals surface area (Å²) < 4.78 is -0.776. The molecule has 3 aliphatic rings. The zero-order valence-corrected chi connectivity index (χ0v) is 26.2. The number of rotatable bonds is 13. The number of anilines is 1. The average Bonchev–Trinajstić information content (AvgIpc) is 3.53. The predicted octanol–water partition coefficient (Wildman–Crippen LogP) is 5.03. The van der Waals surface area contributed by atoms with E-state index in [1.807, 2.05) is 20.8 Å². The first-order valence-electron chi connectivity index (χ1n) is 14.8. The Labute approximate surface area is 254 Å². The number of benzene rings is 1. The van der Waals surface area contributed by atoms with Gasteiger partial charge in [0.25, 0.3) is 5.91 Å². The third kappa shape index (κ3) is 5.48. The third-order valence-corrected chi connectivity index (χ3v) is 11.2. The molecule has 224 valence electrons. The first kappa shape index (κ1) is 31.6. The molecule has 7 atom stereocenters. The lowest BCUT2D eigenvalue weighted by Crippen LogP contribution is -2.59. The first-order chi connectivity index (χ1) is 19.6. The number of likely N-dealkylation sites (tertiary alicyclic amines) is 1. The molecule has 3 fully saturated rings. The van der Waals surface area contributed by atoms with Crippen LogP contribution in [0, 0.1) is 23.7 Å². The SMILES string of the molecule is C=CCN(CCC)C(=O)[C@@H]1[C@H]2C(=O)N([C@@H](CO)CC(C)C)C(C(=O)N(CC=C)c3ccc(Cl)cc3)C23S[C@@H]1CC3C. The number of hydrogen-bond acceptors (Lipinski definition) is 5. The van der Waals surface area contributed by atoms with Crippen LogP contribution in [-0.4, -0.2) is 80.9 Å². The lowest BCUT2D eigenvalue weighted by atomic mass is 9.65. The van der Waals surface area contributed by atoms with E-state index in [-0.39, 0.29) is 48.0 Å². The topological polar surface area (TPSA) is 81.2 Å². The van der Waals surface area contributed by atoms with Crippen LogP contribution in [0.5, 0.6) is 0 Å². The number of aliphatic hydroxyl groups is 1. The van der Waals surface area contributed by atoms with Gasteiger partial charge in [-0.2, -0.15) is 0 Å². The molecular formula is C32H44ClN3O4S. The molecule has 1 spiro atoms. The molecule has 3 heterocycles. The lowest BCUT2D eigenvalue weighted by molar-refractivity contribution is -0.145. The van der Waals surface area contributed by atoms with E-state index in [4.69, 9.17) is 11.6 Å². The highest BCUT2D eigenvalue weighted by atomic mass is 35.5. The summed E-state index contributed by atoms with van der Waals surface area (Å²) in [5, 5.41) is 11.1. The van der Waals surface area contributed by atoms with Crippen molar-refractivity contribution in [2.75, 3.05) is 31.1 Å². The Morgan fingerprint density at radius 1 is 1.20 bits per heavy atom. The molecule has 1 N–H and O–H groups in total. The van der Waals surface area contributed by atoms with Crippen molar-refractivity contribution >= 4 is 46.8 Å². The summed E-state index contributed by atoms with van der Waals surface area (Å²) in [6.07, 6.45) is 5.51. The molecule has 3 amide bonds. The predicted molar refractivity (Wildman–Crippen MR) is 167 cm³/mol. The van der Waals surface area contributed by atoms with Crippen LogP contribution in [0.3, 0.4) is 0 Å². The molecule has 41 heavy (non-hydrogen) atoms. The van der Waals surface area contributed by atoms with Gasteiger partial charge in [-0.05, 0) is 55.4 Å². The molecule has 3 unspecified atom stereocenters. The fourth-order valence-electron chi connectivity index (χ4n) is 7.38. The molecule has 9 heteroatoms. The molecule has 0 aromatic heterocycles. The second-order valence-corrected chi connectivity index (χ2v) is 14.0. The number of carbonyl (C=O) groups excluding carboxylic acids is 3. The third-order valence-electron chi connectivity index (χ3n) is 8.92. The number of thioether (sulfide) groups is 1. The molecule has 2 bridgehead atoms. The van der Waals surface area contributed by atoms with Crippen molar-refractivity contribution < 1.29 is 19.5 Å². The van der Waals surface area contributed by atoms with E-state index in [9.17, 15) is 19.5 Å². The summed E-state index contributed by atoms with van der Waals surface area (Å²) in [5.41, 5.74) is 0.661. The number of fused-ring (bicyclic) bond motifs is 1. The van der Waals surface area contributed by atoms with Gasteiger partial charge in [-0.15, -0.1) is 24.9 Å². The Balaban J connectivity index is 1.85. The van der Waals surface area contributed by atoms with Gasteiger partial charge in [0.15, 0.2) is 0 Å². The van der Waals surface area contributed by atoms with Gasteiger partial charge in [-0.1, -0.05) is 51.4 Å². The van der Waals surface area contributed by atoms with Crippen molar-refractivity contribution in [3.63, 3.8) is 0 Å². The van der Waals surface area contributed by atoms with Crippen LogP contribution >= 0.6 is 23.4 Å². The maximum absolute atomic E-state index is 14.8. The van der Waals surface area contributed by atoms with Gasteiger partial charge >= 0.3 is 0 Å². The quantitative estimate of drug-likeness (QED) is 0.321. The molecule has 0 radical (unpaired) electrons. The van der Waals surface area contributed by atoms with Crippen LogP contribution in [0.25, 0.3) is 0 Å². The van der Waals surface area contributed by atoms with Crippen LogP contribution in [0.2, 0.25) is 5.02 Å². The van der Waals surface area contributed by atoms with E-state index in [0.29, 0.717) is 30.2 Å². The van der Waals surface area contributed by atoms with Crippen LogP contribution < -0.4 is 4.90 Å². The van der Waals surface area contributed by atoms with E-state index >= 15 is 0 Å². The highest BCUT2D eigenvalue weighted by Crippen LogP contribution is 2.69. The lowest BCUT2D eigenvalue weighted by Gasteiger charge is -2.42. The molecule has 0 aliphatic carbocycles. The fourth-order valence-corrected chi connectivity index (χ4v) is 9.90. The zero-order chi connectivity index (χ0) is 30.1. The summed E-state index contributed by atoms with van der Waals surface area (Å²) in [6, 6.07) is 5.71. The number of nitrogens with zero attached hydrogens (tertiary/aromatic N) is 3. The van der Waals surface area contributed by atoms with Crippen molar-refractivity contribution in [3.8, 4) is 0 Å². The fraction of sp³-hybridized carbons (Fsp3) is 0.594. The Morgan fingerprint density at radius 2 is 1.85 bits per heavy atom. The standard InChI is InChI=1S/C32H44ClN3O4S/c1-7-14-34(15-8-2)29(38)26-25-18-21(6)32(41-25)27(26)30(39)36(24(19-37)17-20(4)5)28(32)31(40)35(16-9-3)23-12-10-22(33)11-13-23/h7,9-13,20-21,24-28,37H,1,3,8,14-19H2,2,4-6H3/t21?,24-,25-,26+,27+,28?,32?/m1/s1. The zero-order valence-electron chi connectivity index (χ0n) is 24.7. The van der Waals surface area contributed by atoms with Gasteiger partial charge in [-0.3, -0.25) is 14.4 Å². The Bertz CT molecular complexity index is 1160. The normalized spacial score (nSPS) is 29.0. The first-order valence-corrected chi connectivity index (χ1v) is 16.0. The van der Waals surface area contributed by atoms with Crippen LogP contribution in [0.15, 0.2) is 49.6 Å². The molecule has 0 saturated carbocycles. The largest absolute Gasteiger partial charge is 0.394 e. The van der Waals surface area contributed by atoms with Crippen LogP contribution in [-0.2, 0) is 14.4 Å². The van der Waals surface area contributed by atoms with Gasteiger partial charge in [0.05, 0.1) is 29.2 Å². The minimum absolute atomic E-state index is 0.0303. The number of carbonyl (C=O) groups is 3. The van der Waals surface area contributed by atoms with Gasteiger partial charge in [-0.25, -0.2) is 0 Å². The molecule has 1 aromatic rings. The maximum Gasteiger partial charge on any atom is 0.251 e. The van der Waals surface area contributed by atoms with E-state index in [1.165, 1.54) is 0 Å². The van der Waals surface area contributed by atoms with Gasteiger partial charge in [0.2, 0.25) is 11.8 Å². The summed E-state index contributed by atoms with van der Waals surface area (Å²) in [5.74, 6) is -1.36. The van der Waals surface area contributed by atoms with E-state index in [0.717, 1.165) is 12.8 Å². The monoisotopic (exact) mass is 601 g/mol. The molecule has 7 nitrogen and oxygen atoms in total. The highest BCUT2D eigenvalue weighted by molar-refractivity contribution is 8.02. The average molecular weight is 602 g/mol. The maximum atomic E-state index is 14.8. The number of hydrogen-bond donors (Lipinski definition) is 1. The summed E-state index contributed by atoms with van der Waals surface area (Å²) in [4.78, 5) is 48.7. The number of halogens is 1. The van der Waals surface area contributed by atoms with Crippen LogP contribution in [0.1, 0.15) is 47.0 Å². The van der Waals surface area contributed by atoms with Crippen molar-refractivity contribution in [2.24, 2.45) is 23.7 Å². The van der Waals surface area contributed by atoms with Gasteiger partial charge in [0, 0.05) is 35.6 Å². The smallest absolute Gasteiger partial charge is 0.251 e. The number of aliphatic hydroxyl groups excluding tert-OH is 1. The summed E-state index contributed by atoms with van der Waals surface area (Å²) >= 11 is 7.82. The number of amides is 3. The van der Waals surface area contributed by atoms with E-state index in [2.05, 4.69) is 20.1 Å². The van der Waals surface area contributed by atoms with Gasteiger partial charge in [0.1, 0.15) is 6.04 Å².